The minimum atomic E-state index is -0.936. The molecule has 0 aliphatic carbocycles. The van der Waals surface area contributed by atoms with E-state index in [1.165, 1.54) is 0 Å². The van der Waals surface area contributed by atoms with Crippen LogP contribution in [0.4, 0.5) is 0 Å². The Kier molecular flexibility index (Phi) is 4.92. The highest BCUT2D eigenvalue weighted by Gasteiger charge is 2.12. The largest absolute Gasteiger partial charge is 0.488 e. The summed E-state index contributed by atoms with van der Waals surface area (Å²) < 4.78 is 5.64. The monoisotopic (exact) mass is 265 g/mol. The fourth-order valence-electron chi connectivity index (χ4n) is 1.41. The van der Waals surface area contributed by atoms with Crippen molar-refractivity contribution in [3.63, 3.8) is 0 Å². The molecule has 0 saturated heterocycles. The summed E-state index contributed by atoms with van der Waals surface area (Å²) in [6.45, 7) is 5.95. The number of hydrogen-bond acceptors (Lipinski definition) is 3. The van der Waals surface area contributed by atoms with Crippen molar-refractivity contribution in [2.45, 2.75) is 32.8 Å². The molecule has 0 bridgehead atoms. The molecule has 0 spiro atoms. The number of carboxylic acids is 1. The lowest BCUT2D eigenvalue weighted by atomic mass is 10.1. The molecular formula is C14H19NO4. The Labute approximate surface area is 112 Å². The normalized spacial score (nSPS) is 10.9. The molecule has 1 amide bonds. The Morgan fingerprint density at radius 3 is 2.26 bits per heavy atom. The standard InChI is InChI=1S/C14H19NO4/c1-14(2,3)19-11-6-4-10(5-7-11)13(18)15-9-8-12(16)17/h4-7H,8-9H2,1-3H3,(H,15,18)(H,16,17). The first-order valence-corrected chi connectivity index (χ1v) is 6.07. The van der Waals surface area contributed by atoms with Gasteiger partial charge in [-0.15, -0.1) is 0 Å². The van der Waals surface area contributed by atoms with Crippen LogP contribution in [-0.2, 0) is 4.79 Å². The molecule has 0 aliphatic heterocycles. The van der Waals surface area contributed by atoms with Crippen molar-refractivity contribution >= 4 is 11.9 Å². The average Bonchev–Trinajstić information content (AvgIpc) is 2.27. The van der Waals surface area contributed by atoms with Crippen molar-refractivity contribution in [3.8, 4) is 5.75 Å². The lowest BCUT2D eigenvalue weighted by Crippen LogP contribution is -2.26. The summed E-state index contributed by atoms with van der Waals surface area (Å²) in [5.74, 6) is -0.535. The van der Waals surface area contributed by atoms with Gasteiger partial charge in [-0.1, -0.05) is 0 Å². The number of carbonyl (C=O) groups excluding carboxylic acids is 1. The van der Waals surface area contributed by atoms with Gasteiger partial charge in [0.25, 0.3) is 5.91 Å². The number of amides is 1. The maximum atomic E-state index is 11.7. The van der Waals surface area contributed by atoms with Gasteiger partial charge in [0.2, 0.25) is 0 Å². The molecule has 0 heterocycles. The summed E-state index contributed by atoms with van der Waals surface area (Å²) in [4.78, 5) is 22.0. The van der Waals surface area contributed by atoms with Gasteiger partial charge in [0.1, 0.15) is 11.4 Å². The number of aliphatic carboxylic acids is 1. The summed E-state index contributed by atoms with van der Waals surface area (Å²) in [6.07, 6.45) is -0.0864. The number of carbonyl (C=O) groups is 2. The predicted octanol–water partition coefficient (Wildman–Crippen LogP) is 2.07. The van der Waals surface area contributed by atoms with Crippen molar-refractivity contribution in [2.75, 3.05) is 6.54 Å². The van der Waals surface area contributed by atoms with Crippen LogP contribution in [0.3, 0.4) is 0 Å². The second-order valence-electron chi connectivity index (χ2n) is 5.14. The Balaban J connectivity index is 2.56. The molecule has 1 aromatic carbocycles. The molecule has 0 unspecified atom stereocenters. The van der Waals surface area contributed by atoms with E-state index in [0.29, 0.717) is 11.3 Å². The van der Waals surface area contributed by atoms with Crippen LogP contribution in [0.2, 0.25) is 0 Å². The third-order valence-corrected chi connectivity index (χ3v) is 2.16. The molecule has 5 nitrogen and oxygen atoms in total. The van der Waals surface area contributed by atoms with Crippen molar-refractivity contribution in [2.24, 2.45) is 0 Å². The van der Waals surface area contributed by atoms with Gasteiger partial charge in [0.05, 0.1) is 6.42 Å². The van der Waals surface area contributed by atoms with Gasteiger partial charge in [0.15, 0.2) is 0 Å². The van der Waals surface area contributed by atoms with Crippen molar-refractivity contribution < 1.29 is 19.4 Å². The molecule has 1 aromatic rings. The number of carboxylic acid groups (broad SMARTS) is 1. The fraction of sp³-hybridized carbons (Fsp3) is 0.429. The van der Waals surface area contributed by atoms with Crippen LogP contribution in [0.25, 0.3) is 0 Å². The van der Waals surface area contributed by atoms with Crippen molar-refractivity contribution in [1.29, 1.82) is 0 Å². The highest BCUT2D eigenvalue weighted by atomic mass is 16.5. The lowest BCUT2D eigenvalue weighted by molar-refractivity contribution is -0.136. The Bertz CT molecular complexity index is 446. The molecule has 0 aliphatic rings. The van der Waals surface area contributed by atoms with Crippen LogP contribution in [-0.4, -0.2) is 29.1 Å². The molecule has 0 atom stereocenters. The molecule has 104 valence electrons. The van der Waals surface area contributed by atoms with Crippen molar-refractivity contribution in [3.05, 3.63) is 29.8 Å². The van der Waals surface area contributed by atoms with Gasteiger partial charge in [-0.25, -0.2) is 0 Å². The zero-order chi connectivity index (χ0) is 14.5. The first-order chi connectivity index (χ1) is 8.78. The third-order valence-electron chi connectivity index (χ3n) is 2.16. The Hall–Kier alpha value is -2.04. The van der Waals surface area contributed by atoms with Crippen LogP contribution in [0.15, 0.2) is 24.3 Å². The van der Waals surface area contributed by atoms with E-state index in [9.17, 15) is 9.59 Å². The number of nitrogens with one attached hydrogen (secondary N) is 1. The van der Waals surface area contributed by atoms with E-state index < -0.39 is 5.97 Å². The second kappa shape index (κ2) is 6.22. The SMILES string of the molecule is CC(C)(C)Oc1ccc(C(=O)NCCC(=O)O)cc1. The van der Waals surface area contributed by atoms with Gasteiger partial charge >= 0.3 is 5.97 Å². The quantitative estimate of drug-likeness (QED) is 0.854. The van der Waals surface area contributed by atoms with E-state index in [4.69, 9.17) is 9.84 Å². The van der Waals surface area contributed by atoms with Crippen LogP contribution < -0.4 is 10.1 Å². The topological polar surface area (TPSA) is 75.6 Å². The molecule has 2 N–H and O–H groups in total. The van der Waals surface area contributed by atoms with Crippen LogP contribution in [0.1, 0.15) is 37.6 Å². The van der Waals surface area contributed by atoms with Crippen LogP contribution in [0, 0.1) is 0 Å². The van der Waals surface area contributed by atoms with E-state index >= 15 is 0 Å². The highest BCUT2D eigenvalue weighted by molar-refractivity contribution is 5.94. The van der Waals surface area contributed by atoms with Gasteiger partial charge < -0.3 is 15.2 Å². The number of benzene rings is 1. The van der Waals surface area contributed by atoms with E-state index in [1.807, 2.05) is 20.8 Å². The summed E-state index contributed by atoms with van der Waals surface area (Å²) >= 11 is 0. The molecule has 0 aromatic heterocycles. The van der Waals surface area contributed by atoms with E-state index in [1.54, 1.807) is 24.3 Å². The molecule has 0 radical (unpaired) electrons. The first-order valence-electron chi connectivity index (χ1n) is 6.07. The zero-order valence-corrected chi connectivity index (χ0v) is 11.4. The van der Waals surface area contributed by atoms with Gasteiger partial charge in [0, 0.05) is 12.1 Å². The minimum absolute atomic E-state index is 0.0864. The smallest absolute Gasteiger partial charge is 0.305 e. The summed E-state index contributed by atoms with van der Waals surface area (Å²) in [5, 5.41) is 11.0. The molecule has 0 saturated carbocycles. The number of ether oxygens (including phenoxy) is 1. The Morgan fingerprint density at radius 2 is 1.79 bits per heavy atom. The summed E-state index contributed by atoms with van der Waals surface area (Å²) in [5.41, 5.74) is 0.192. The maximum absolute atomic E-state index is 11.7. The minimum Gasteiger partial charge on any atom is -0.488 e. The second-order valence-corrected chi connectivity index (χ2v) is 5.14. The molecular weight excluding hydrogens is 246 g/mol. The van der Waals surface area contributed by atoms with Gasteiger partial charge in [-0.3, -0.25) is 9.59 Å². The first kappa shape index (κ1) is 15.0. The fourth-order valence-corrected chi connectivity index (χ4v) is 1.41. The number of hydrogen-bond donors (Lipinski definition) is 2. The number of rotatable bonds is 5. The van der Waals surface area contributed by atoms with E-state index in [-0.39, 0.29) is 24.5 Å². The molecule has 5 heteroatoms. The average molecular weight is 265 g/mol. The lowest BCUT2D eigenvalue weighted by Gasteiger charge is -2.21. The van der Waals surface area contributed by atoms with Crippen LogP contribution >= 0.6 is 0 Å². The van der Waals surface area contributed by atoms with Crippen LogP contribution in [0.5, 0.6) is 5.75 Å². The van der Waals surface area contributed by atoms with Crippen molar-refractivity contribution in [1.82, 2.24) is 5.32 Å². The predicted molar refractivity (Wildman–Crippen MR) is 71.4 cm³/mol. The van der Waals surface area contributed by atoms with Gasteiger partial charge in [-0.2, -0.15) is 0 Å². The molecule has 19 heavy (non-hydrogen) atoms. The van der Waals surface area contributed by atoms with E-state index in [0.717, 1.165) is 0 Å². The molecule has 1 rings (SSSR count). The third kappa shape index (κ3) is 5.90. The summed E-state index contributed by atoms with van der Waals surface area (Å²) in [6, 6.07) is 6.74. The maximum Gasteiger partial charge on any atom is 0.305 e. The zero-order valence-electron chi connectivity index (χ0n) is 11.4. The molecule has 0 fully saturated rings. The van der Waals surface area contributed by atoms with Gasteiger partial charge in [-0.05, 0) is 45.0 Å². The highest BCUT2D eigenvalue weighted by Crippen LogP contribution is 2.18. The Morgan fingerprint density at radius 1 is 1.21 bits per heavy atom. The van der Waals surface area contributed by atoms with E-state index in [2.05, 4.69) is 5.32 Å². The summed E-state index contributed by atoms with van der Waals surface area (Å²) in [7, 11) is 0.